The van der Waals surface area contributed by atoms with Crippen molar-refractivity contribution in [2.24, 2.45) is 5.14 Å². The van der Waals surface area contributed by atoms with Gasteiger partial charge in [-0.1, -0.05) is 140 Å². The van der Waals surface area contributed by atoms with Crippen molar-refractivity contribution in [1.29, 1.82) is 0 Å². The van der Waals surface area contributed by atoms with Crippen molar-refractivity contribution in [3.8, 4) is 0 Å². The lowest BCUT2D eigenvalue weighted by Gasteiger charge is -2.34. The van der Waals surface area contributed by atoms with E-state index in [0.717, 1.165) is 37.9 Å². The minimum Gasteiger partial charge on any atom is -0.598 e. The third kappa shape index (κ3) is 7.17. The fourth-order valence-corrected chi connectivity index (χ4v) is 11.4. The Hall–Kier alpha value is -4.17. The molecule has 0 amide bonds. The molecule has 1 aromatic heterocycles. The van der Waals surface area contributed by atoms with E-state index in [1.165, 1.54) is 0 Å². The lowest BCUT2D eigenvalue weighted by Crippen LogP contribution is -2.44. The van der Waals surface area contributed by atoms with Crippen molar-refractivity contribution in [2.45, 2.75) is 42.0 Å². The summed E-state index contributed by atoms with van der Waals surface area (Å²) in [5.41, 5.74) is 3.23. The van der Waals surface area contributed by atoms with Crippen LogP contribution in [0.3, 0.4) is 0 Å². The third-order valence-electron chi connectivity index (χ3n) is 9.65. The molecule has 0 saturated carbocycles. The Morgan fingerprint density at radius 2 is 1.25 bits per heavy atom. The highest BCUT2D eigenvalue weighted by molar-refractivity contribution is 7.90. The van der Waals surface area contributed by atoms with E-state index in [1.807, 2.05) is 92.7 Å². The van der Waals surface area contributed by atoms with Gasteiger partial charge < -0.3 is 4.55 Å². The van der Waals surface area contributed by atoms with E-state index in [2.05, 4.69) is 54.6 Å². The first-order valence-electron chi connectivity index (χ1n) is 16.6. The van der Waals surface area contributed by atoms with E-state index in [4.69, 9.17) is 5.14 Å². The van der Waals surface area contributed by atoms with Gasteiger partial charge in [-0.2, -0.15) is 5.14 Å². The van der Waals surface area contributed by atoms with Crippen LogP contribution in [0.4, 0.5) is 0 Å². The summed E-state index contributed by atoms with van der Waals surface area (Å²) in [6, 6.07) is 51.6. The molecule has 7 rings (SSSR count). The molecule has 2 unspecified atom stereocenters. The first-order chi connectivity index (χ1) is 24.2. The minimum absolute atomic E-state index is 0. The van der Waals surface area contributed by atoms with Crippen molar-refractivity contribution in [3.05, 3.63) is 175 Å². The summed E-state index contributed by atoms with van der Waals surface area (Å²) in [5.74, 6) is -0.398. The van der Waals surface area contributed by atoms with Crippen molar-refractivity contribution in [2.75, 3.05) is 0 Å². The van der Waals surface area contributed by atoms with Gasteiger partial charge in [-0.05, 0) is 78.9 Å². The normalized spacial score (nSPS) is 13.3. The summed E-state index contributed by atoms with van der Waals surface area (Å²) in [7, 11) is -5.13. The number of aromatic nitrogens is 1. The Labute approximate surface area is 307 Å². The molecule has 0 aliphatic carbocycles. The molecule has 0 aliphatic rings. The molecule has 0 fully saturated rings. The number of hydrogen-bond acceptors (Lipinski definition) is 4. The molecule has 9 heteroatoms. The van der Waals surface area contributed by atoms with Crippen molar-refractivity contribution in [1.82, 2.24) is 3.97 Å². The van der Waals surface area contributed by atoms with E-state index < -0.39 is 40.0 Å². The van der Waals surface area contributed by atoms with E-state index in [1.54, 1.807) is 28.2 Å². The number of nitrogens with two attached hydrogens (primary N) is 1. The highest BCUT2D eigenvalue weighted by Gasteiger charge is 2.44. The molecule has 0 radical (unpaired) electrons. The maximum Gasteiger partial charge on any atom is 0.268 e. The van der Waals surface area contributed by atoms with Crippen LogP contribution in [0.2, 0.25) is 0 Å². The molecule has 7 aromatic rings. The van der Waals surface area contributed by atoms with E-state index in [-0.39, 0.29) is 13.3 Å². The number of hydrogen-bond donors (Lipinski definition) is 1. The molecule has 0 bridgehead atoms. The van der Waals surface area contributed by atoms with E-state index >= 15 is 0 Å². The zero-order valence-electron chi connectivity index (χ0n) is 28.0. The Kier molecular flexibility index (Phi) is 10.9. The van der Waals surface area contributed by atoms with Crippen LogP contribution in [-0.2, 0) is 34.0 Å². The number of rotatable bonds is 11. The van der Waals surface area contributed by atoms with Gasteiger partial charge in [-0.25, -0.2) is 12.4 Å². The Bertz CT molecular complexity index is 2330. The smallest absolute Gasteiger partial charge is 0.268 e. The predicted octanol–water partition coefficient (Wildman–Crippen LogP) is 7.21. The number of fused-ring (bicyclic) bond motifs is 2. The second-order valence-corrected chi connectivity index (χ2v) is 18.7. The molecule has 0 saturated heterocycles. The van der Waals surface area contributed by atoms with Crippen LogP contribution in [-0.4, -0.2) is 30.1 Å². The SMILES string of the molecule is B.CC(C)(C(Cc1ccc2ccccc2c1)c1c(CP(c2ccccc2)c2ccccc2)n(S(=O)(=O)c2ccccc2)c2ccccc12)[S+](N)[O-]. The zero-order valence-corrected chi connectivity index (χ0v) is 30.5. The van der Waals surface area contributed by atoms with Gasteiger partial charge in [0.25, 0.3) is 10.0 Å². The van der Waals surface area contributed by atoms with Gasteiger partial charge in [0.1, 0.15) is 4.75 Å². The second-order valence-electron chi connectivity index (χ2n) is 13.1. The van der Waals surface area contributed by atoms with Gasteiger partial charge in [0.15, 0.2) is 0 Å². The maximum absolute atomic E-state index is 14.9. The summed E-state index contributed by atoms with van der Waals surface area (Å²) in [4.78, 5) is 0.213. The van der Waals surface area contributed by atoms with Crippen molar-refractivity contribution >= 4 is 70.0 Å². The summed E-state index contributed by atoms with van der Waals surface area (Å²) < 4.78 is 44.1. The minimum atomic E-state index is -4.07. The lowest BCUT2D eigenvalue weighted by atomic mass is 9.81. The topological polar surface area (TPSA) is 88.2 Å². The molecular formula is C42H42BN2O3PS2. The van der Waals surface area contributed by atoms with Gasteiger partial charge >= 0.3 is 0 Å². The van der Waals surface area contributed by atoms with Gasteiger partial charge in [0.05, 0.1) is 18.8 Å². The largest absolute Gasteiger partial charge is 0.598 e. The lowest BCUT2D eigenvalue weighted by molar-refractivity contribution is 0.481. The molecule has 6 aromatic carbocycles. The van der Waals surface area contributed by atoms with E-state index in [9.17, 15) is 13.0 Å². The number of benzene rings is 6. The third-order valence-corrected chi connectivity index (χ3v) is 15.2. The predicted molar refractivity (Wildman–Crippen MR) is 220 cm³/mol. The Balaban J connectivity index is 0.00000448. The highest BCUT2D eigenvalue weighted by atomic mass is 32.2. The van der Waals surface area contributed by atoms with Crippen LogP contribution in [0, 0.1) is 0 Å². The molecule has 258 valence electrons. The number of para-hydroxylation sites is 1. The van der Waals surface area contributed by atoms with Crippen LogP contribution in [0.25, 0.3) is 21.7 Å². The standard InChI is InChI=1S/C42H39N2O3PS2.BH3/c1-42(2,49(43)45)38(29-31-26-27-32-16-12-13-17-33(32)28-31)41-37-24-14-15-25-39(37)44(50(46,47)36-22-10-5-11-23-36)40(41)30-48(34-18-6-3-7-19-34)35-20-8-4-9-21-35;/h3-28,38H,29-30,43H2,1-2H3;1H3. The maximum atomic E-state index is 14.9. The van der Waals surface area contributed by atoms with Gasteiger partial charge in [0, 0.05) is 34.5 Å². The van der Waals surface area contributed by atoms with Crippen molar-refractivity contribution < 1.29 is 13.0 Å². The summed E-state index contributed by atoms with van der Waals surface area (Å²) in [5, 5.41) is 11.7. The molecule has 2 N–H and O–H groups in total. The van der Waals surface area contributed by atoms with Gasteiger partial charge in [-0.3, -0.25) is 0 Å². The van der Waals surface area contributed by atoms with Crippen LogP contribution < -0.4 is 15.7 Å². The van der Waals surface area contributed by atoms with Crippen molar-refractivity contribution in [3.63, 3.8) is 0 Å². The number of nitrogens with zero attached hydrogens (tertiary/aromatic N) is 1. The Morgan fingerprint density at radius 1 is 0.725 bits per heavy atom. The second kappa shape index (κ2) is 15.2. The summed E-state index contributed by atoms with van der Waals surface area (Å²) in [6.07, 6.45) is 0.961. The molecular weight excluding hydrogens is 686 g/mol. The molecule has 0 aliphatic heterocycles. The van der Waals surface area contributed by atoms with Gasteiger partial charge in [0.2, 0.25) is 0 Å². The quantitative estimate of drug-likeness (QED) is 0.0867. The molecule has 5 nitrogen and oxygen atoms in total. The van der Waals surface area contributed by atoms with E-state index in [0.29, 0.717) is 23.8 Å². The Morgan fingerprint density at radius 3 is 1.86 bits per heavy atom. The molecule has 0 spiro atoms. The average molecular weight is 729 g/mol. The van der Waals surface area contributed by atoms with Crippen LogP contribution in [0.1, 0.15) is 36.6 Å². The fourth-order valence-electron chi connectivity index (χ4n) is 6.93. The summed E-state index contributed by atoms with van der Waals surface area (Å²) in [6.45, 7) is 3.88. The molecule has 51 heavy (non-hydrogen) atoms. The summed E-state index contributed by atoms with van der Waals surface area (Å²) >= 11 is -1.74. The van der Waals surface area contributed by atoms with Crippen LogP contribution in [0.15, 0.2) is 163 Å². The van der Waals surface area contributed by atoms with Gasteiger partial charge in [-0.15, -0.1) is 0 Å². The molecule has 2 atom stereocenters. The first kappa shape index (κ1) is 36.6. The zero-order chi connectivity index (χ0) is 34.9. The van der Waals surface area contributed by atoms with Crippen LogP contribution in [0.5, 0.6) is 0 Å². The monoisotopic (exact) mass is 728 g/mol. The average Bonchev–Trinajstić information content (AvgIpc) is 3.47. The van der Waals surface area contributed by atoms with Crippen LogP contribution >= 0.6 is 7.92 Å². The first-order valence-corrected chi connectivity index (χ1v) is 20.8. The highest BCUT2D eigenvalue weighted by Crippen LogP contribution is 2.48. The molecule has 1 heterocycles. The fraction of sp³-hybridized carbons (Fsp3) is 0.143.